The minimum atomic E-state index is 0.482. The number of anilines is 1. The van der Waals surface area contributed by atoms with Gasteiger partial charge in [0.25, 0.3) is 0 Å². The number of H-pyrrole nitrogens is 2. The molecule has 1 aliphatic carbocycles. The highest BCUT2D eigenvalue weighted by Gasteiger charge is 2.14. The Morgan fingerprint density at radius 3 is 2.74 bits per heavy atom. The minimum absolute atomic E-state index is 0.482. The molecule has 1 fully saturated rings. The van der Waals surface area contributed by atoms with Crippen molar-refractivity contribution in [1.29, 1.82) is 0 Å². The molecule has 1 saturated carbocycles. The molecule has 4 N–H and O–H groups in total. The SMILES string of the molecule is Nc1nc(CCC2CCCCC2)nc2[nH]c(=S)[nH]c12. The van der Waals surface area contributed by atoms with Gasteiger partial charge in [-0.3, -0.25) is 0 Å². The van der Waals surface area contributed by atoms with Gasteiger partial charge in [-0.25, -0.2) is 9.97 Å². The number of fused-ring (bicyclic) bond motifs is 1. The average molecular weight is 277 g/mol. The molecule has 0 saturated heterocycles. The van der Waals surface area contributed by atoms with Crippen LogP contribution in [-0.4, -0.2) is 19.9 Å². The Balaban J connectivity index is 1.75. The van der Waals surface area contributed by atoms with Crippen LogP contribution in [0.3, 0.4) is 0 Å². The normalized spacial score (nSPS) is 17.1. The standard InChI is InChI=1S/C13H19N5S/c14-11-10-12(18-13(19)17-10)16-9(15-11)7-6-8-4-2-1-3-5-8/h8H,1-7H2,(H4,14,15,16,17,18,19). The number of nitrogens with zero attached hydrogens (tertiary/aromatic N) is 2. The van der Waals surface area contributed by atoms with Crippen LogP contribution in [-0.2, 0) is 6.42 Å². The summed E-state index contributed by atoms with van der Waals surface area (Å²) in [5.74, 6) is 2.14. The van der Waals surface area contributed by atoms with Gasteiger partial charge in [0.15, 0.2) is 16.2 Å². The third-order valence-electron chi connectivity index (χ3n) is 3.95. The number of rotatable bonds is 3. The molecule has 1 aliphatic rings. The maximum atomic E-state index is 5.93. The number of aryl methyl sites for hydroxylation is 1. The predicted molar refractivity (Wildman–Crippen MR) is 78.4 cm³/mol. The number of aromatic amines is 2. The zero-order chi connectivity index (χ0) is 13.2. The summed E-state index contributed by atoms with van der Waals surface area (Å²) in [4.78, 5) is 14.8. The Kier molecular flexibility index (Phi) is 3.50. The molecular weight excluding hydrogens is 258 g/mol. The Hall–Kier alpha value is -1.43. The Morgan fingerprint density at radius 2 is 1.95 bits per heavy atom. The first-order chi connectivity index (χ1) is 9.22. The van der Waals surface area contributed by atoms with E-state index in [-0.39, 0.29) is 0 Å². The lowest BCUT2D eigenvalue weighted by Gasteiger charge is -2.20. The lowest BCUT2D eigenvalue weighted by Crippen LogP contribution is -2.09. The van der Waals surface area contributed by atoms with Crippen LogP contribution in [0.15, 0.2) is 0 Å². The molecule has 3 rings (SSSR count). The van der Waals surface area contributed by atoms with E-state index in [4.69, 9.17) is 18.0 Å². The van der Waals surface area contributed by atoms with Crippen molar-refractivity contribution in [1.82, 2.24) is 19.9 Å². The summed E-state index contributed by atoms with van der Waals surface area (Å²) in [5.41, 5.74) is 7.36. The van der Waals surface area contributed by atoms with Gasteiger partial charge in [-0.2, -0.15) is 0 Å². The molecule has 0 bridgehead atoms. The number of nitrogen functional groups attached to an aromatic ring is 1. The fourth-order valence-corrected chi connectivity index (χ4v) is 3.11. The second-order valence-corrected chi connectivity index (χ2v) is 5.78. The molecule has 6 heteroatoms. The first-order valence-electron chi connectivity index (χ1n) is 6.97. The molecule has 0 aromatic carbocycles. The van der Waals surface area contributed by atoms with E-state index in [1.54, 1.807) is 0 Å². The van der Waals surface area contributed by atoms with Gasteiger partial charge in [0.2, 0.25) is 0 Å². The van der Waals surface area contributed by atoms with Gasteiger partial charge in [-0.05, 0) is 24.6 Å². The molecule has 2 aromatic heterocycles. The topological polar surface area (TPSA) is 83.4 Å². The summed E-state index contributed by atoms with van der Waals surface area (Å²) in [6.07, 6.45) is 8.91. The molecule has 2 heterocycles. The monoisotopic (exact) mass is 277 g/mol. The first-order valence-corrected chi connectivity index (χ1v) is 7.37. The fourth-order valence-electron chi connectivity index (χ4n) is 2.91. The molecule has 102 valence electrons. The van der Waals surface area contributed by atoms with Crippen LogP contribution in [0, 0.1) is 10.7 Å². The summed E-state index contributed by atoms with van der Waals surface area (Å²) < 4.78 is 0.542. The zero-order valence-electron chi connectivity index (χ0n) is 10.9. The molecule has 0 atom stereocenters. The minimum Gasteiger partial charge on any atom is -0.382 e. The number of hydrogen-bond acceptors (Lipinski definition) is 4. The highest BCUT2D eigenvalue weighted by atomic mass is 32.1. The van der Waals surface area contributed by atoms with E-state index in [0.29, 0.717) is 16.1 Å². The van der Waals surface area contributed by atoms with E-state index in [1.807, 2.05) is 0 Å². The average Bonchev–Trinajstić information content (AvgIpc) is 2.79. The van der Waals surface area contributed by atoms with Crippen LogP contribution in [0.5, 0.6) is 0 Å². The van der Waals surface area contributed by atoms with Crippen LogP contribution in [0.4, 0.5) is 5.82 Å². The van der Waals surface area contributed by atoms with E-state index in [9.17, 15) is 0 Å². The third kappa shape index (κ3) is 2.78. The molecule has 0 spiro atoms. The maximum absolute atomic E-state index is 5.93. The first kappa shape index (κ1) is 12.6. The van der Waals surface area contributed by atoms with Crippen molar-refractivity contribution in [2.45, 2.75) is 44.9 Å². The van der Waals surface area contributed by atoms with E-state index in [2.05, 4.69) is 19.9 Å². The quantitative estimate of drug-likeness (QED) is 0.753. The van der Waals surface area contributed by atoms with Crippen LogP contribution < -0.4 is 5.73 Å². The van der Waals surface area contributed by atoms with E-state index < -0.39 is 0 Å². The Morgan fingerprint density at radius 1 is 1.16 bits per heavy atom. The summed E-state index contributed by atoms with van der Waals surface area (Å²) in [7, 11) is 0. The second kappa shape index (κ2) is 5.28. The van der Waals surface area contributed by atoms with Gasteiger partial charge in [-0.1, -0.05) is 32.1 Å². The van der Waals surface area contributed by atoms with E-state index >= 15 is 0 Å². The molecule has 19 heavy (non-hydrogen) atoms. The molecule has 0 aliphatic heterocycles. The van der Waals surface area contributed by atoms with Crippen molar-refractivity contribution < 1.29 is 0 Å². The highest BCUT2D eigenvalue weighted by Crippen LogP contribution is 2.27. The molecule has 2 aromatic rings. The van der Waals surface area contributed by atoms with E-state index in [0.717, 1.165) is 30.2 Å². The van der Waals surface area contributed by atoms with Gasteiger partial charge in [0, 0.05) is 6.42 Å². The van der Waals surface area contributed by atoms with Crippen molar-refractivity contribution >= 4 is 29.2 Å². The zero-order valence-corrected chi connectivity index (χ0v) is 11.7. The van der Waals surface area contributed by atoms with Gasteiger partial charge in [0.1, 0.15) is 11.3 Å². The smallest absolute Gasteiger partial charge is 0.176 e. The van der Waals surface area contributed by atoms with Crippen LogP contribution in [0.1, 0.15) is 44.3 Å². The number of hydrogen-bond donors (Lipinski definition) is 3. The third-order valence-corrected chi connectivity index (χ3v) is 4.16. The molecule has 0 amide bonds. The summed E-state index contributed by atoms with van der Waals surface area (Å²) in [6.45, 7) is 0. The highest BCUT2D eigenvalue weighted by molar-refractivity contribution is 7.71. The molecular formula is C13H19N5S. The van der Waals surface area contributed by atoms with Crippen LogP contribution in [0.25, 0.3) is 11.2 Å². The van der Waals surface area contributed by atoms with Crippen molar-refractivity contribution in [3.8, 4) is 0 Å². The van der Waals surface area contributed by atoms with Crippen LogP contribution in [0.2, 0.25) is 0 Å². The van der Waals surface area contributed by atoms with Crippen LogP contribution >= 0.6 is 12.2 Å². The summed E-state index contributed by atoms with van der Waals surface area (Å²) in [5, 5.41) is 0. The predicted octanol–water partition coefficient (Wildman–Crippen LogP) is 3.11. The number of aromatic nitrogens is 4. The second-order valence-electron chi connectivity index (χ2n) is 5.37. The maximum Gasteiger partial charge on any atom is 0.176 e. The van der Waals surface area contributed by atoms with E-state index in [1.165, 1.54) is 32.1 Å². The van der Waals surface area contributed by atoms with Gasteiger partial charge in [-0.15, -0.1) is 0 Å². The molecule has 0 radical (unpaired) electrons. The molecule has 5 nitrogen and oxygen atoms in total. The van der Waals surface area contributed by atoms with Crippen molar-refractivity contribution in [2.24, 2.45) is 5.92 Å². The lowest BCUT2D eigenvalue weighted by molar-refractivity contribution is 0.337. The largest absolute Gasteiger partial charge is 0.382 e. The Bertz CT molecular complexity index is 623. The van der Waals surface area contributed by atoms with Gasteiger partial charge < -0.3 is 15.7 Å². The Labute approximate surface area is 117 Å². The van der Waals surface area contributed by atoms with Crippen molar-refractivity contribution in [3.63, 3.8) is 0 Å². The number of nitrogens with one attached hydrogen (secondary N) is 2. The van der Waals surface area contributed by atoms with Crippen molar-refractivity contribution in [2.75, 3.05) is 5.73 Å². The summed E-state index contributed by atoms with van der Waals surface area (Å²) >= 11 is 5.05. The summed E-state index contributed by atoms with van der Waals surface area (Å²) in [6, 6.07) is 0. The fraction of sp³-hybridized carbons (Fsp3) is 0.615. The number of imidazole rings is 1. The van der Waals surface area contributed by atoms with Gasteiger partial charge >= 0.3 is 0 Å². The molecule has 0 unspecified atom stereocenters. The number of nitrogens with two attached hydrogens (primary N) is 1. The van der Waals surface area contributed by atoms with Gasteiger partial charge in [0.05, 0.1) is 0 Å². The van der Waals surface area contributed by atoms with Crippen molar-refractivity contribution in [3.05, 3.63) is 10.6 Å². The lowest BCUT2D eigenvalue weighted by atomic mass is 9.86.